The van der Waals surface area contributed by atoms with Crippen molar-refractivity contribution in [3.8, 4) is 0 Å². The number of nitrogens with one attached hydrogen (secondary N) is 1. The molecule has 0 fully saturated rings. The number of rotatable bonds is 6. The molecule has 1 aromatic carbocycles. The second kappa shape index (κ2) is 7.04. The second-order valence-electron chi connectivity index (χ2n) is 3.86. The van der Waals surface area contributed by atoms with E-state index in [1.807, 2.05) is 37.3 Å². The van der Waals surface area contributed by atoms with Crippen LogP contribution >= 0.6 is 0 Å². The van der Waals surface area contributed by atoms with Crippen molar-refractivity contribution in [2.45, 2.75) is 25.7 Å². The lowest BCUT2D eigenvalue weighted by molar-refractivity contribution is -0.135. The van der Waals surface area contributed by atoms with Gasteiger partial charge in [-0.1, -0.05) is 30.3 Å². The molecule has 0 saturated heterocycles. The van der Waals surface area contributed by atoms with Gasteiger partial charge in [-0.05, 0) is 12.5 Å². The molecule has 1 rings (SSSR count). The van der Waals surface area contributed by atoms with Gasteiger partial charge in [0.15, 0.2) is 6.29 Å². The van der Waals surface area contributed by atoms with Gasteiger partial charge in [0.25, 0.3) is 0 Å². The lowest BCUT2D eigenvalue weighted by Gasteiger charge is -2.22. The van der Waals surface area contributed by atoms with Crippen LogP contribution in [0.3, 0.4) is 0 Å². The van der Waals surface area contributed by atoms with Crippen LogP contribution in [0.25, 0.3) is 0 Å². The molecule has 1 aromatic rings. The zero-order chi connectivity index (χ0) is 12.7. The molecular weight excluding hydrogens is 218 g/mol. The summed E-state index contributed by atoms with van der Waals surface area (Å²) in [6.45, 7) is 1.85. The largest absolute Gasteiger partial charge is 0.354 e. The third-order valence-corrected chi connectivity index (χ3v) is 2.47. The van der Waals surface area contributed by atoms with Crippen molar-refractivity contribution in [1.82, 2.24) is 5.32 Å². The first kappa shape index (κ1) is 13.7. The molecule has 0 radical (unpaired) electrons. The SMILES string of the molecule is COC(OC)C(C)NC(=O)Cc1ccccc1. The van der Waals surface area contributed by atoms with Crippen molar-refractivity contribution in [2.75, 3.05) is 14.2 Å². The van der Waals surface area contributed by atoms with Crippen LogP contribution in [-0.2, 0) is 20.7 Å². The summed E-state index contributed by atoms with van der Waals surface area (Å²) in [6.07, 6.45) is -0.0552. The fraction of sp³-hybridized carbons (Fsp3) is 0.462. The smallest absolute Gasteiger partial charge is 0.224 e. The molecule has 1 amide bonds. The minimum Gasteiger partial charge on any atom is -0.354 e. The van der Waals surface area contributed by atoms with Crippen LogP contribution < -0.4 is 5.32 Å². The van der Waals surface area contributed by atoms with Gasteiger partial charge < -0.3 is 14.8 Å². The Bertz CT molecular complexity index is 336. The summed E-state index contributed by atoms with van der Waals surface area (Å²) >= 11 is 0. The normalized spacial score (nSPS) is 12.5. The molecule has 0 bridgehead atoms. The number of carbonyl (C=O) groups is 1. The van der Waals surface area contributed by atoms with E-state index in [0.29, 0.717) is 6.42 Å². The maximum Gasteiger partial charge on any atom is 0.224 e. The van der Waals surface area contributed by atoms with Gasteiger partial charge in [0.05, 0.1) is 12.5 Å². The Morgan fingerprint density at radius 3 is 2.35 bits per heavy atom. The van der Waals surface area contributed by atoms with Crippen molar-refractivity contribution in [2.24, 2.45) is 0 Å². The minimum absolute atomic E-state index is 0.0391. The summed E-state index contributed by atoms with van der Waals surface area (Å²) in [7, 11) is 3.10. The highest BCUT2D eigenvalue weighted by atomic mass is 16.7. The molecule has 0 heterocycles. The molecule has 1 unspecified atom stereocenters. The van der Waals surface area contributed by atoms with Crippen LogP contribution in [-0.4, -0.2) is 32.5 Å². The Labute approximate surface area is 102 Å². The third-order valence-electron chi connectivity index (χ3n) is 2.47. The van der Waals surface area contributed by atoms with E-state index in [9.17, 15) is 4.79 Å². The zero-order valence-electron chi connectivity index (χ0n) is 10.5. The van der Waals surface area contributed by atoms with Crippen molar-refractivity contribution >= 4 is 5.91 Å². The van der Waals surface area contributed by atoms with Gasteiger partial charge >= 0.3 is 0 Å². The van der Waals surface area contributed by atoms with E-state index in [-0.39, 0.29) is 11.9 Å². The molecule has 1 atom stereocenters. The lowest BCUT2D eigenvalue weighted by atomic mass is 10.1. The standard InChI is InChI=1S/C13H19NO3/c1-10(13(16-2)17-3)14-12(15)9-11-7-5-4-6-8-11/h4-8,10,13H,9H2,1-3H3,(H,14,15). The predicted molar refractivity (Wildman–Crippen MR) is 65.6 cm³/mol. The fourth-order valence-corrected chi connectivity index (χ4v) is 1.66. The van der Waals surface area contributed by atoms with E-state index in [2.05, 4.69) is 5.32 Å². The molecule has 0 spiro atoms. The first-order valence-electron chi connectivity index (χ1n) is 5.56. The van der Waals surface area contributed by atoms with Gasteiger partial charge in [0.2, 0.25) is 5.91 Å². The van der Waals surface area contributed by atoms with E-state index < -0.39 is 6.29 Å². The molecule has 17 heavy (non-hydrogen) atoms. The molecule has 4 nitrogen and oxygen atoms in total. The number of hydrogen-bond donors (Lipinski definition) is 1. The van der Waals surface area contributed by atoms with Crippen molar-refractivity contribution < 1.29 is 14.3 Å². The predicted octanol–water partition coefficient (Wildman–Crippen LogP) is 1.35. The molecule has 1 N–H and O–H groups in total. The van der Waals surface area contributed by atoms with Gasteiger partial charge in [-0.2, -0.15) is 0 Å². The average molecular weight is 237 g/mol. The van der Waals surface area contributed by atoms with Crippen molar-refractivity contribution in [3.05, 3.63) is 35.9 Å². The number of hydrogen-bond acceptors (Lipinski definition) is 3. The molecule has 94 valence electrons. The van der Waals surface area contributed by atoms with Gasteiger partial charge in [-0.3, -0.25) is 4.79 Å². The second-order valence-corrected chi connectivity index (χ2v) is 3.86. The first-order valence-corrected chi connectivity index (χ1v) is 5.56. The molecule has 0 aliphatic rings. The van der Waals surface area contributed by atoms with Crippen LogP contribution in [0.2, 0.25) is 0 Å². The van der Waals surface area contributed by atoms with Gasteiger partial charge in [0, 0.05) is 14.2 Å². The number of carbonyl (C=O) groups excluding carboxylic acids is 1. The van der Waals surface area contributed by atoms with E-state index in [4.69, 9.17) is 9.47 Å². The van der Waals surface area contributed by atoms with Gasteiger partial charge in [0.1, 0.15) is 0 Å². The highest BCUT2D eigenvalue weighted by Gasteiger charge is 2.17. The summed E-state index contributed by atoms with van der Waals surface area (Å²) in [4.78, 5) is 11.7. The quantitative estimate of drug-likeness (QED) is 0.760. The summed E-state index contributed by atoms with van der Waals surface area (Å²) in [5.41, 5.74) is 0.989. The number of benzene rings is 1. The van der Waals surface area contributed by atoms with Gasteiger partial charge in [-0.15, -0.1) is 0 Å². The summed E-state index contributed by atoms with van der Waals surface area (Å²) in [6, 6.07) is 9.43. The fourth-order valence-electron chi connectivity index (χ4n) is 1.66. The van der Waals surface area contributed by atoms with E-state index in [0.717, 1.165) is 5.56 Å². The van der Waals surface area contributed by atoms with Crippen LogP contribution in [0.15, 0.2) is 30.3 Å². The topological polar surface area (TPSA) is 47.6 Å². The maximum absolute atomic E-state index is 11.7. The van der Waals surface area contributed by atoms with Crippen LogP contribution in [0.5, 0.6) is 0 Å². The van der Waals surface area contributed by atoms with E-state index in [1.54, 1.807) is 14.2 Å². The monoisotopic (exact) mass is 237 g/mol. The Morgan fingerprint density at radius 1 is 1.24 bits per heavy atom. The van der Waals surface area contributed by atoms with E-state index in [1.165, 1.54) is 0 Å². The Morgan fingerprint density at radius 2 is 1.82 bits per heavy atom. The third kappa shape index (κ3) is 4.54. The summed E-state index contributed by atoms with van der Waals surface area (Å²) in [5, 5.41) is 2.84. The number of amides is 1. The Balaban J connectivity index is 2.44. The summed E-state index contributed by atoms with van der Waals surface area (Å²) < 4.78 is 10.2. The zero-order valence-corrected chi connectivity index (χ0v) is 10.5. The minimum atomic E-state index is -0.422. The maximum atomic E-state index is 11.7. The van der Waals surface area contributed by atoms with E-state index >= 15 is 0 Å². The van der Waals surface area contributed by atoms with Crippen molar-refractivity contribution in [1.29, 1.82) is 0 Å². The molecular formula is C13H19NO3. The van der Waals surface area contributed by atoms with Crippen LogP contribution in [0.4, 0.5) is 0 Å². The van der Waals surface area contributed by atoms with Crippen LogP contribution in [0, 0.1) is 0 Å². The number of methoxy groups -OCH3 is 2. The highest BCUT2D eigenvalue weighted by Crippen LogP contribution is 2.02. The highest BCUT2D eigenvalue weighted by molar-refractivity contribution is 5.78. The lowest BCUT2D eigenvalue weighted by Crippen LogP contribution is -2.43. The molecule has 0 aliphatic heterocycles. The number of ether oxygens (including phenoxy) is 2. The van der Waals surface area contributed by atoms with Gasteiger partial charge in [-0.25, -0.2) is 0 Å². The summed E-state index contributed by atoms with van der Waals surface area (Å²) in [5.74, 6) is -0.0391. The molecule has 4 heteroatoms. The molecule has 0 aromatic heterocycles. The molecule has 0 aliphatic carbocycles. The molecule has 0 saturated carbocycles. The average Bonchev–Trinajstić information content (AvgIpc) is 2.31. The Hall–Kier alpha value is -1.39. The van der Waals surface area contributed by atoms with Crippen molar-refractivity contribution in [3.63, 3.8) is 0 Å². The van der Waals surface area contributed by atoms with Crippen LogP contribution in [0.1, 0.15) is 12.5 Å². The Kier molecular flexibility index (Phi) is 5.66. The first-order chi connectivity index (χ1) is 8.17.